The molecule has 0 radical (unpaired) electrons. The summed E-state index contributed by atoms with van der Waals surface area (Å²) in [5.74, 6) is -6.02. The van der Waals surface area contributed by atoms with Crippen LogP contribution >= 0.6 is 0 Å². The number of carbonyl (C=O) groups excluding carboxylic acids is 1. The minimum absolute atomic E-state index is 0.0461. The molecule has 1 rings (SSSR count). The average molecular weight is 357 g/mol. The van der Waals surface area contributed by atoms with Crippen molar-refractivity contribution in [3.05, 3.63) is 35.4 Å². The minimum atomic E-state index is -1.42. The number of rotatable bonds is 7. The number of amides is 1. The highest BCUT2D eigenvalue weighted by molar-refractivity contribution is 5.85. The van der Waals surface area contributed by atoms with E-state index in [9.17, 15) is 33.4 Å². The molecule has 0 aliphatic carbocycles. The summed E-state index contributed by atoms with van der Waals surface area (Å²) < 4.78 is 26.3. The molecular weight excluding hydrogens is 336 g/mol. The molecule has 0 saturated heterocycles. The minimum Gasteiger partial charge on any atom is -0.481 e. The third-order valence-electron chi connectivity index (χ3n) is 3.74. The summed E-state index contributed by atoms with van der Waals surface area (Å²) >= 11 is 0. The standard InChI is InChI=1S/C17H21F2NO5/c1-17(2,3)12(15(22)23)8-13(16(24)25)20-14(21)6-9-4-10(18)7-11(19)5-9/h4-5,7,12-13H,6,8H2,1-3H3,(H,20,21)(H,22,23)(H,24,25)/t12?,13-/m0/s1. The predicted molar refractivity (Wildman–Crippen MR) is 84.8 cm³/mol. The molecule has 0 aliphatic rings. The van der Waals surface area contributed by atoms with Gasteiger partial charge in [0.15, 0.2) is 0 Å². The van der Waals surface area contributed by atoms with Gasteiger partial charge >= 0.3 is 11.9 Å². The van der Waals surface area contributed by atoms with E-state index in [1.807, 2.05) is 0 Å². The number of carbonyl (C=O) groups is 3. The summed E-state index contributed by atoms with van der Waals surface area (Å²) in [5, 5.41) is 20.7. The molecule has 25 heavy (non-hydrogen) atoms. The highest BCUT2D eigenvalue weighted by atomic mass is 19.1. The third-order valence-corrected chi connectivity index (χ3v) is 3.74. The van der Waals surface area contributed by atoms with E-state index >= 15 is 0 Å². The molecule has 0 aliphatic heterocycles. The Bertz CT molecular complexity index is 649. The molecule has 1 aromatic carbocycles. The highest BCUT2D eigenvalue weighted by Crippen LogP contribution is 2.30. The fourth-order valence-corrected chi connectivity index (χ4v) is 2.43. The van der Waals surface area contributed by atoms with Crippen molar-refractivity contribution in [3.8, 4) is 0 Å². The van der Waals surface area contributed by atoms with Crippen molar-refractivity contribution in [3.63, 3.8) is 0 Å². The molecule has 0 bridgehead atoms. The van der Waals surface area contributed by atoms with E-state index in [0.29, 0.717) is 6.07 Å². The van der Waals surface area contributed by atoms with Gasteiger partial charge in [-0.25, -0.2) is 13.6 Å². The summed E-state index contributed by atoms with van der Waals surface area (Å²) in [6, 6.07) is 1.16. The van der Waals surface area contributed by atoms with Crippen LogP contribution in [0, 0.1) is 23.0 Å². The van der Waals surface area contributed by atoms with Crippen molar-refractivity contribution in [2.45, 2.75) is 39.7 Å². The maximum atomic E-state index is 13.1. The summed E-state index contributed by atoms with van der Waals surface area (Å²) in [5.41, 5.74) is -0.666. The van der Waals surface area contributed by atoms with Crippen LogP contribution < -0.4 is 5.32 Å². The molecule has 1 aromatic rings. The fraction of sp³-hybridized carbons (Fsp3) is 0.471. The Morgan fingerprint density at radius 3 is 1.96 bits per heavy atom. The van der Waals surface area contributed by atoms with Crippen LogP contribution in [-0.2, 0) is 20.8 Å². The van der Waals surface area contributed by atoms with Crippen molar-refractivity contribution in [1.82, 2.24) is 5.32 Å². The smallest absolute Gasteiger partial charge is 0.326 e. The molecule has 0 aromatic heterocycles. The number of benzene rings is 1. The van der Waals surface area contributed by atoms with Crippen LogP contribution in [0.1, 0.15) is 32.8 Å². The topological polar surface area (TPSA) is 104 Å². The summed E-state index contributed by atoms with van der Waals surface area (Å²) in [6.07, 6.45) is -0.733. The molecule has 0 spiro atoms. The molecule has 8 heteroatoms. The van der Waals surface area contributed by atoms with Crippen LogP contribution in [-0.4, -0.2) is 34.1 Å². The predicted octanol–water partition coefficient (Wildman–Crippen LogP) is 2.21. The maximum absolute atomic E-state index is 13.1. The van der Waals surface area contributed by atoms with Crippen molar-refractivity contribution in [2.24, 2.45) is 11.3 Å². The molecule has 2 atom stereocenters. The van der Waals surface area contributed by atoms with E-state index in [0.717, 1.165) is 12.1 Å². The Hall–Kier alpha value is -2.51. The first-order valence-electron chi connectivity index (χ1n) is 7.60. The van der Waals surface area contributed by atoms with E-state index in [-0.39, 0.29) is 12.0 Å². The van der Waals surface area contributed by atoms with Gasteiger partial charge in [-0.05, 0) is 29.5 Å². The van der Waals surface area contributed by atoms with E-state index in [1.54, 1.807) is 20.8 Å². The van der Waals surface area contributed by atoms with Gasteiger partial charge in [0, 0.05) is 6.07 Å². The first-order chi connectivity index (χ1) is 11.4. The van der Waals surface area contributed by atoms with Crippen LogP contribution in [0.15, 0.2) is 18.2 Å². The molecule has 0 heterocycles. The second kappa shape index (κ2) is 8.04. The van der Waals surface area contributed by atoms with Crippen LogP contribution in [0.2, 0.25) is 0 Å². The highest BCUT2D eigenvalue weighted by Gasteiger charge is 2.36. The van der Waals surface area contributed by atoms with Gasteiger partial charge < -0.3 is 15.5 Å². The number of aliphatic carboxylic acids is 2. The zero-order valence-corrected chi connectivity index (χ0v) is 14.2. The molecule has 1 unspecified atom stereocenters. The number of halogens is 2. The Labute approximate surface area is 143 Å². The zero-order valence-electron chi connectivity index (χ0n) is 14.2. The normalized spacial score (nSPS) is 13.8. The van der Waals surface area contributed by atoms with Gasteiger partial charge in [-0.3, -0.25) is 9.59 Å². The Kier molecular flexibility index (Phi) is 6.61. The Balaban J connectivity index is 2.85. The number of carboxylic acid groups (broad SMARTS) is 2. The lowest BCUT2D eigenvalue weighted by atomic mass is 9.77. The second-order valence-corrected chi connectivity index (χ2v) is 6.91. The van der Waals surface area contributed by atoms with Crippen molar-refractivity contribution in [1.29, 1.82) is 0 Å². The second-order valence-electron chi connectivity index (χ2n) is 6.91. The van der Waals surface area contributed by atoms with Crippen molar-refractivity contribution in [2.75, 3.05) is 0 Å². The summed E-state index contributed by atoms with van der Waals surface area (Å²) in [7, 11) is 0. The zero-order chi connectivity index (χ0) is 19.4. The molecule has 1 amide bonds. The monoisotopic (exact) mass is 357 g/mol. The van der Waals surface area contributed by atoms with Gasteiger partial charge in [0.25, 0.3) is 0 Å². The largest absolute Gasteiger partial charge is 0.481 e. The average Bonchev–Trinajstić information content (AvgIpc) is 2.39. The molecule has 138 valence electrons. The van der Waals surface area contributed by atoms with Crippen LogP contribution in [0.25, 0.3) is 0 Å². The number of nitrogens with one attached hydrogen (secondary N) is 1. The molecule has 3 N–H and O–H groups in total. The Morgan fingerprint density at radius 2 is 1.56 bits per heavy atom. The first kappa shape index (κ1) is 20.5. The van der Waals surface area contributed by atoms with Gasteiger partial charge in [0.1, 0.15) is 17.7 Å². The van der Waals surface area contributed by atoms with Gasteiger partial charge in [-0.15, -0.1) is 0 Å². The summed E-state index contributed by atoms with van der Waals surface area (Å²) in [6.45, 7) is 4.96. The molecule has 6 nitrogen and oxygen atoms in total. The van der Waals surface area contributed by atoms with Gasteiger partial charge in [0.05, 0.1) is 12.3 Å². The third kappa shape index (κ3) is 6.48. The van der Waals surface area contributed by atoms with E-state index in [2.05, 4.69) is 5.32 Å². The lowest BCUT2D eigenvalue weighted by molar-refractivity contribution is -0.148. The van der Waals surface area contributed by atoms with Gasteiger partial charge in [0.2, 0.25) is 5.91 Å². The van der Waals surface area contributed by atoms with Crippen LogP contribution in [0.4, 0.5) is 8.78 Å². The van der Waals surface area contributed by atoms with Gasteiger partial charge in [-0.1, -0.05) is 20.8 Å². The number of hydrogen-bond acceptors (Lipinski definition) is 3. The van der Waals surface area contributed by atoms with Gasteiger partial charge in [-0.2, -0.15) is 0 Å². The number of hydrogen-bond donors (Lipinski definition) is 3. The molecular formula is C17H21F2NO5. The number of carboxylic acids is 2. The molecule has 0 saturated carbocycles. The Morgan fingerprint density at radius 1 is 1.04 bits per heavy atom. The van der Waals surface area contributed by atoms with E-state index in [4.69, 9.17) is 0 Å². The van der Waals surface area contributed by atoms with Crippen molar-refractivity contribution >= 4 is 17.8 Å². The lowest BCUT2D eigenvalue weighted by Gasteiger charge is -2.29. The van der Waals surface area contributed by atoms with E-state index in [1.165, 1.54) is 0 Å². The SMILES string of the molecule is CC(C)(C)C(C[C@H](NC(=O)Cc1cc(F)cc(F)c1)C(=O)O)C(=O)O. The van der Waals surface area contributed by atoms with Crippen LogP contribution in [0.5, 0.6) is 0 Å². The fourth-order valence-electron chi connectivity index (χ4n) is 2.43. The summed E-state index contributed by atoms with van der Waals surface area (Å²) in [4.78, 5) is 34.7. The molecule has 0 fully saturated rings. The van der Waals surface area contributed by atoms with E-state index < -0.39 is 53.3 Å². The van der Waals surface area contributed by atoms with Crippen LogP contribution in [0.3, 0.4) is 0 Å². The lowest BCUT2D eigenvalue weighted by Crippen LogP contribution is -2.45. The first-order valence-corrected chi connectivity index (χ1v) is 7.60. The quantitative estimate of drug-likeness (QED) is 0.694. The maximum Gasteiger partial charge on any atom is 0.326 e. The van der Waals surface area contributed by atoms with Crippen molar-refractivity contribution < 1.29 is 33.4 Å².